The first kappa shape index (κ1) is 25.5. The van der Waals surface area contributed by atoms with Crippen molar-refractivity contribution >= 4 is 11.9 Å². The molecule has 38 heavy (non-hydrogen) atoms. The molecule has 1 aliphatic carbocycles. The van der Waals surface area contributed by atoms with Crippen molar-refractivity contribution in [2.24, 2.45) is 0 Å². The zero-order valence-corrected chi connectivity index (χ0v) is 22.7. The van der Waals surface area contributed by atoms with Crippen molar-refractivity contribution in [1.29, 1.82) is 0 Å². The highest BCUT2D eigenvalue weighted by molar-refractivity contribution is 5.86. The number of rotatable bonds is 5. The molecule has 5 aliphatic rings. The Hall–Kier alpha value is -2.78. The normalized spacial score (nSPS) is 32.9. The smallest absolute Gasteiger partial charge is 0.339 e. The molecular weight excluding hydrogens is 490 g/mol. The molecule has 0 N–H and O–H groups in total. The minimum Gasteiger partial charge on any atom is -0.497 e. The monoisotopic (exact) mass is 527 g/mol. The predicted octanol–water partition coefficient (Wildman–Crippen LogP) is 3.63. The SMILES string of the molecule is COC(=O)CC1(C(=O)OC2C(OC)=C[C@]34CCCN3CCc3cc5c(cc3[C@H]24)OCO5)CCCC(C)(C)O1. The van der Waals surface area contributed by atoms with E-state index in [0.29, 0.717) is 17.9 Å². The highest BCUT2D eigenvalue weighted by Crippen LogP contribution is 2.56. The van der Waals surface area contributed by atoms with Crippen LogP contribution in [-0.2, 0) is 35.0 Å². The Bertz CT molecular complexity index is 1180. The maximum atomic E-state index is 14.1. The number of esters is 2. The van der Waals surface area contributed by atoms with Crippen LogP contribution in [-0.4, -0.2) is 73.8 Å². The molecule has 0 radical (unpaired) electrons. The number of carbonyl (C=O) groups excluding carboxylic acids is 2. The number of hydrogen-bond donors (Lipinski definition) is 0. The van der Waals surface area contributed by atoms with Crippen LogP contribution < -0.4 is 9.47 Å². The first-order valence-corrected chi connectivity index (χ1v) is 13.6. The van der Waals surface area contributed by atoms with Gasteiger partial charge in [-0.3, -0.25) is 9.69 Å². The van der Waals surface area contributed by atoms with Crippen molar-refractivity contribution < 1.29 is 38.0 Å². The van der Waals surface area contributed by atoms with Crippen molar-refractivity contribution in [2.45, 2.75) is 87.6 Å². The molecule has 4 aliphatic heterocycles. The Morgan fingerprint density at radius 2 is 1.84 bits per heavy atom. The highest BCUT2D eigenvalue weighted by Gasteiger charge is 2.60. The minimum atomic E-state index is -1.42. The summed E-state index contributed by atoms with van der Waals surface area (Å²) < 4.78 is 35.1. The molecule has 0 aromatic heterocycles. The van der Waals surface area contributed by atoms with E-state index in [-0.39, 0.29) is 24.7 Å². The molecule has 0 bridgehead atoms. The molecule has 0 amide bonds. The van der Waals surface area contributed by atoms with Crippen molar-refractivity contribution in [3.8, 4) is 11.5 Å². The second-order valence-electron chi connectivity index (χ2n) is 11.8. The van der Waals surface area contributed by atoms with Crippen LogP contribution in [0.4, 0.5) is 0 Å². The Morgan fingerprint density at radius 3 is 2.58 bits per heavy atom. The number of fused-ring (bicyclic) bond motifs is 3. The van der Waals surface area contributed by atoms with Gasteiger partial charge in [-0.15, -0.1) is 0 Å². The van der Waals surface area contributed by atoms with Gasteiger partial charge < -0.3 is 28.4 Å². The van der Waals surface area contributed by atoms with Crippen LogP contribution in [0, 0.1) is 0 Å². The average molecular weight is 528 g/mol. The summed E-state index contributed by atoms with van der Waals surface area (Å²) in [6, 6.07) is 4.13. The highest BCUT2D eigenvalue weighted by atomic mass is 16.7. The predicted molar refractivity (Wildman–Crippen MR) is 136 cm³/mol. The Balaban J connectivity index is 1.41. The molecule has 6 rings (SSSR count). The van der Waals surface area contributed by atoms with Gasteiger partial charge in [0, 0.05) is 6.54 Å². The lowest BCUT2D eigenvalue weighted by Crippen LogP contribution is -2.54. The van der Waals surface area contributed by atoms with Gasteiger partial charge in [-0.2, -0.15) is 0 Å². The number of carbonyl (C=O) groups is 2. The lowest BCUT2D eigenvalue weighted by atomic mass is 9.77. The van der Waals surface area contributed by atoms with Crippen molar-refractivity contribution in [1.82, 2.24) is 4.90 Å². The zero-order valence-electron chi connectivity index (χ0n) is 22.7. The lowest BCUT2D eigenvalue weighted by Gasteiger charge is -2.44. The first-order chi connectivity index (χ1) is 18.2. The molecule has 9 heteroatoms. The number of hydrogen-bond acceptors (Lipinski definition) is 9. The standard InChI is InChI=1S/C29H37NO8/c1-27(2)8-5-10-29(38-27,16-23(31)34-4)26(32)37-25-22(33-3)15-28-9-6-11-30(28)12-7-18-13-20-21(36-17-35-20)14-19(18)24(25)28/h13-15,24-25H,5-12,16-17H2,1-4H3/t24-,25?,28+,29?/m1/s1. The van der Waals surface area contributed by atoms with E-state index in [1.807, 2.05) is 13.8 Å². The van der Waals surface area contributed by atoms with Gasteiger partial charge in [0.2, 0.25) is 6.79 Å². The van der Waals surface area contributed by atoms with Crippen LogP contribution >= 0.6 is 0 Å². The van der Waals surface area contributed by atoms with E-state index < -0.39 is 29.2 Å². The number of nitrogens with zero attached hydrogens (tertiary/aromatic N) is 1. The fraction of sp³-hybridized carbons (Fsp3) is 0.655. The number of benzene rings is 1. The minimum absolute atomic E-state index is 0.192. The molecule has 2 saturated heterocycles. The van der Waals surface area contributed by atoms with Gasteiger partial charge in [0.1, 0.15) is 5.76 Å². The van der Waals surface area contributed by atoms with Gasteiger partial charge in [0.15, 0.2) is 23.2 Å². The molecule has 1 aromatic rings. The second kappa shape index (κ2) is 9.16. The van der Waals surface area contributed by atoms with Crippen LogP contribution in [0.1, 0.15) is 69.4 Å². The van der Waals surface area contributed by atoms with Crippen LogP contribution in [0.5, 0.6) is 11.5 Å². The van der Waals surface area contributed by atoms with Gasteiger partial charge in [-0.1, -0.05) is 0 Å². The maximum absolute atomic E-state index is 14.1. The lowest BCUT2D eigenvalue weighted by molar-refractivity contribution is -0.216. The molecule has 9 nitrogen and oxygen atoms in total. The molecular formula is C29H37NO8. The summed E-state index contributed by atoms with van der Waals surface area (Å²) >= 11 is 0. The molecule has 1 spiro atoms. The van der Waals surface area contributed by atoms with Crippen LogP contribution in [0.25, 0.3) is 0 Å². The third-order valence-electron chi connectivity index (χ3n) is 9.06. The molecule has 1 aromatic carbocycles. The summed E-state index contributed by atoms with van der Waals surface area (Å²) in [5, 5.41) is 0. The number of methoxy groups -OCH3 is 2. The van der Waals surface area contributed by atoms with Gasteiger partial charge in [-0.25, -0.2) is 4.79 Å². The molecule has 2 fully saturated rings. The second-order valence-corrected chi connectivity index (χ2v) is 11.8. The summed E-state index contributed by atoms with van der Waals surface area (Å²) in [4.78, 5) is 29.1. The topological polar surface area (TPSA) is 92.8 Å². The molecule has 4 heterocycles. The largest absolute Gasteiger partial charge is 0.497 e. The van der Waals surface area contributed by atoms with Gasteiger partial charge in [0.05, 0.1) is 37.7 Å². The van der Waals surface area contributed by atoms with Crippen LogP contribution in [0.2, 0.25) is 0 Å². The summed E-state index contributed by atoms with van der Waals surface area (Å²) in [5.74, 6) is 0.852. The number of ether oxygens (including phenoxy) is 6. The fourth-order valence-corrected chi connectivity index (χ4v) is 7.39. The molecule has 0 saturated carbocycles. The third kappa shape index (κ3) is 3.97. The third-order valence-corrected chi connectivity index (χ3v) is 9.06. The first-order valence-electron chi connectivity index (χ1n) is 13.6. The van der Waals surface area contributed by atoms with E-state index in [2.05, 4.69) is 23.1 Å². The molecule has 206 valence electrons. The van der Waals surface area contributed by atoms with E-state index in [9.17, 15) is 9.59 Å². The van der Waals surface area contributed by atoms with Gasteiger partial charge >= 0.3 is 11.9 Å². The van der Waals surface area contributed by atoms with Gasteiger partial charge in [-0.05, 0) is 88.3 Å². The van der Waals surface area contributed by atoms with Crippen LogP contribution in [0.3, 0.4) is 0 Å². The van der Waals surface area contributed by atoms with Crippen molar-refractivity contribution in [2.75, 3.05) is 34.1 Å². The van der Waals surface area contributed by atoms with Crippen molar-refractivity contribution in [3.63, 3.8) is 0 Å². The van der Waals surface area contributed by atoms with E-state index >= 15 is 0 Å². The summed E-state index contributed by atoms with van der Waals surface area (Å²) in [7, 11) is 2.95. The summed E-state index contributed by atoms with van der Waals surface area (Å²) in [6.45, 7) is 5.94. The maximum Gasteiger partial charge on any atom is 0.339 e. The summed E-state index contributed by atoms with van der Waals surface area (Å²) in [5.41, 5.74) is -0.0682. The Morgan fingerprint density at radius 1 is 1.05 bits per heavy atom. The van der Waals surface area contributed by atoms with Crippen LogP contribution in [0.15, 0.2) is 24.0 Å². The van der Waals surface area contributed by atoms with E-state index in [1.54, 1.807) is 7.11 Å². The van der Waals surface area contributed by atoms with Gasteiger partial charge in [0.25, 0.3) is 0 Å². The quantitative estimate of drug-likeness (QED) is 0.532. The zero-order chi connectivity index (χ0) is 26.7. The fourth-order valence-electron chi connectivity index (χ4n) is 7.39. The van der Waals surface area contributed by atoms with E-state index in [1.165, 1.54) is 12.7 Å². The van der Waals surface area contributed by atoms with Crippen molar-refractivity contribution in [3.05, 3.63) is 35.1 Å². The molecule has 2 unspecified atom stereocenters. The average Bonchev–Trinajstić information content (AvgIpc) is 3.57. The van der Waals surface area contributed by atoms with E-state index in [0.717, 1.165) is 56.5 Å². The molecule has 4 atom stereocenters. The van der Waals surface area contributed by atoms with E-state index in [4.69, 9.17) is 28.4 Å². The Kier molecular flexibility index (Phi) is 6.14. The Labute approximate surface area is 223 Å². The summed E-state index contributed by atoms with van der Waals surface area (Å²) in [6.07, 6.45) is 6.07.